The third kappa shape index (κ3) is 5.58. The zero-order valence-corrected chi connectivity index (χ0v) is 19.8. The molecule has 0 atom stereocenters. The van der Waals surface area contributed by atoms with E-state index in [0.717, 1.165) is 5.69 Å². The summed E-state index contributed by atoms with van der Waals surface area (Å²) in [6.45, 7) is 0. The summed E-state index contributed by atoms with van der Waals surface area (Å²) in [5.74, 6) is 1.03. The number of nitrogens with zero attached hydrogens (tertiary/aromatic N) is 4. The fourth-order valence-corrected chi connectivity index (χ4v) is 4.17. The summed E-state index contributed by atoms with van der Waals surface area (Å²) in [5, 5.41) is 11.9. The van der Waals surface area contributed by atoms with Gasteiger partial charge in [-0.25, -0.2) is 0 Å². The molecule has 11 heteroatoms. The number of amides is 2. The van der Waals surface area contributed by atoms with Gasteiger partial charge in [-0.2, -0.15) is 4.68 Å². The highest BCUT2D eigenvalue weighted by Crippen LogP contribution is 2.28. The van der Waals surface area contributed by atoms with Crippen molar-refractivity contribution in [3.8, 4) is 17.2 Å². The van der Waals surface area contributed by atoms with Crippen molar-refractivity contribution in [2.24, 2.45) is 0 Å². The number of hydrazine groups is 1. The standard InChI is InChI=1S/C24H22N6O4S/c1-33-19-13-12-16(14-20(19)34-2)23(31)26-27-24(32)18-10-6-7-11-21(18)35-15-22-25-28-29-30(22)17-8-4-3-5-9-17/h3-14H,15H2,1-2H3,(H,26,31)(H,27,32). The second-order valence-corrected chi connectivity index (χ2v) is 8.12. The number of aromatic nitrogens is 4. The number of tetrazole rings is 1. The number of carbonyl (C=O) groups is 2. The summed E-state index contributed by atoms with van der Waals surface area (Å²) < 4.78 is 12.1. The topological polar surface area (TPSA) is 120 Å². The summed E-state index contributed by atoms with van der Waals surface area (Å²) in [5.41, 5.74) is 6.45. The predicted octanol–water partition coefficient (Wildman–Crippen LogP) is 3.05. The van der Waals surface area contributed by atoms with Crippen LogP contribution >= 0.6 is 11.8 Å². The Balaban J connectivity index is 1.42. The van der Waals surface area contributed by atoms with Gasteiger partial charge in [-0.05, 0) is 52.9 Å². The van der Waals surface area contributed by atoms with Crippen LogP contribution in [0, 0.1) is 0 Å². The molecule has 0 bridgehead atoms. The Bertz CT molecular complexity index is 1330. The van der Waals surface area contributed by atoms with Crippen molar-refractivity contribution in [1.82, 2.24) is 31.1 Å². The van der Waals surface area contributed by atoms with E-state index in [4.69, 9.17) is 9.47 Å². The van der Waals surface area contributed by atoms with Crippen molar-refractivity contribution in [1.29, 1.82) is 0 Å². The lowest BCUT2D eigenvalue weighted by molar-refractivity contribution is 0.0845. The van der Waals surface area contributed by atoms with Crippen LogP contribution in [0.25, 0.3) is 5.69 Å². The molecule has 1 aromatic heterocycles. The van der Waals surface area contributed by atoms with Crippen molar-refractivity contribution < 1.29 is 19.1 Å². The molecule has 0 saturated carbocycles. The zero-order chi connectivity index (χ0) is 24.6. The number of ether oxygens (including phenoxy) is 2. The Morgan fingerprint density at radius 3 is 2.37 bits per heavy atom. The van der Waals surface area contributed by atoms with Gasteiger partial charge in [0.15, 0.2) is 17.3 Å². The SMILES string of the molecule is COc1ccc(C(=O)NNC(=O)c2ccccc2SCc2nnnn2-c2ccccc2)cc1OC. The maximum Gasteiger partial charge on any atom is 0.270 e. The number of hydrogen-bond donors (Lipinski definition) is 2. The molecular weight excluding hydrogens is 468 g/mol. The first-order valence-electron chi connectivity index (χ1n) is 10.5. The number of methoxy groups -OCH3 is 2. The van der Waals surface area contributed by atoms with Gasteiger partial charge in [0.1, 0.15) is 0 Å². The Labute approximate surface area is 205 Å². The van der Waals surface area contributed by atoms with Gasteiger partial charge in [0, 0.05) is 10.5 Å². The van der Waals surface area contributed by atoms with Crippen molar-refractivity contribution in [2.45, 2.75) is 10.6 Å². The Kier molecular flexibility index (Phi) is 7.58. The zero-order valence-electron chi connectivity index (χ0n) is 19.0. The molecule has 3 aromatic carbocycles. The van der Waals surface area contributed by atoms with Crippen molar-refractivity contribution in [3.63, 3.8) is 0 Å². The lowest BCUT2D eigenvalue weighted by atomic mass is 10.2. The third-order valence-electron chi connectivity index (χ3n) is 4.96. The maximum atomic E-state index is 12.8. The number of benzene rings is 3. The first-order valence-corrected chi connectivity index (χ1v) is 11.5. The van der Waals surface area contributed by atoms with Crippen molar-refractivity contribution in [3.05, 3.63) is 89.7 Å². The molecule has 0 aliphatic carbocycles. The average molecular weight is 491 g/mol. The van der Waals surface area contributed by atoms with Gasteiger partial charge in [0.05, 0.1) is 31.2 Å². The van der Waals surface area contributed by atoms with Gasteiger partial charge < -0.3 is 9.47 Å². The molecule has 1 heterocycles. The van der Waals surface area contributed by atoms with Gasteiger partial charge in [-0.1, -0.05) is 30.3 Å². The molecule has 0 spiro atoms. The summed E-state index contributed by atoms with van der Waals surface area (Å²) in [4.78, 5) is 26.1. The minimum absolute atomic E-state index is 0.304. The van der Waals surface area contributed by atoms with E-state index in [0.29, 0.717) is 39.1 Å². The number of para-hydroxylation sites is 1. The molecule has 0 fully saturated rings. The molecule has 0 aliphatic rings. The van der Waals surface area contributed by atoms with Crippen molar-refractivity contribution in [2.75, 3.05) is 14.2 Å². The normalized spacial score (nSPS) is 10.5. The van der Waals surface area contributed by atoms with E-state index < -0.39 is 11.8 Å². The predicted molar refractivity (Wildman–Crippen MR) is 130 cm³/mol. The van der Waals surface area contributed by atoms with Gasteiger partial charge in [-0.15, -0.1) is 16.9 Å². The summed E-state index contributed by atoms with van der Waals surface area (Å²) in [7, 11) is 2.99. The first kappa shape index (κ1) is 23.8. The van der Waals surface area contributed by atoms with Crippen LogP contribution in [-0.2, 0) is 5.75 Å². The number of thioether (sulfide) groups is 1. The van der Waals surface area contributed by atoms with Crippen LogP contribution in [0.15, 0.2) is 77.7 Å². The van der Waals surface area contributed by atoms with Crippen LogP contribution in [0.3, 0.4) is 0 Å². The highest BCUT2D eigenvalue weighted by atomic mass is 32.2. The largest absolute Gasteiger partial charge is 0.493 e. The van der Waals surface area contributed by atoms with Crippen LogP contribution in [0.5, 0.6) is 11.5 Å². The summed E-state index contributed by atoms with van der Waals surface area (Å²) >= 11 is 1.41. The van der Waals surface area contributed by atoms with Crippen LogP contribution in [0.4, 0.5) is 0 Å². The Morgan fingerprint density at radius 2 is 1.60 bits per heavy atom. The van der Waals surface area contributed by atoms with Gasteiger partial charge in [0.2, 0.25) is 0 Å². The van der Waals surface area contributed by atoms with E-state index >= 15 is 0 Å². The minimum atomic E-state index is -0.494. The summed E-state index contributed by atoms with van der Waals surface area (Å²) in [6, 6.07) is 21.4. The van der Waals surface area contributed by atoms with Crippen LogP contribution in [-0.4, -0.2) is 46.2 Å². The Morgan fingerprint density at radius 1 is 0.886 bits per heavy atom. The molecule has 10 nitrogen and oxygen atoms in total. The Hall–Kier alpha value is -4.38. The smallest absolute Gasteiger partial charge is 0.270 e. The van der Waals surface area contributed by atoms with E-state index in [1.807, 2.05) is 42.5 Å². The van der Waals surface area contributed by atoms with Crippen LogP contribution in [0.2, 0.25) is 0 Å². The van der Waals surface area contributed by atoms with E-state index in [1.165, 1.54) is 32.0 Å². The van der Waals surface area contributed by atoms with E-state index in [1.54, 1.807) is 28.9 Å². The van der Waals surface area contributed by atoms with E-state index in [2.05, 4.69) is 26.4 Å². The molecule has 0 aliphatic heterocycles. The fraction of sp³-hybridized carbons (Fsp3) is 0.125. The molecule has 178 valence electrons. The number of carbonyl (C=O) groups excluding carboxylic acids is 2. The van der Waals surface area contributed by atoms with Gasteiger partial charge in [0.25, 0.3) is 11.8 Å². The number of rotatable bonds is 8. The monoisotopic (exact) mass is 490 g/mol. The molecule has 0 radical (unpaired) electrons. The first-order chi connectivity index (χ1) is 17.1. The van der Waals surface area contributed by atoms with Gasteiger partial charge >= 0.3 is 0 Å². The highest BCUT2D eigenvalue weighted by Gasteiger charge is 2.16. The quantitative estimate of drug-likeness (QED) is 0.286. The molecule has 4 aromatic rings. The second-order valence-electron chi connectivity index (χ2n) is 7.11. The molecule has 0 unspecified atom stereocenters. The molecular formula is C24H22N6O4S. The lowest BCUT2D eigenvalue weighted by Gasteiger charge is -2.12. The van der Waals surface area contributed by atoms with Crippen LogP contribution in [0.1, 0.15) is 26.5 Å². The molecule has 35 heavy (non-hydrogen) atoms. The maximum absolute atomic E-state index is 12.8. The highest BCUT2D eigenvalue weighted by molar-refractivity contribution is 7.98. The molecule has 0 saturated heterocycles. The lowest BCUT2D eigenvalue weighted by Crippen LogP contribution is -2.41. The molecule has 2 amide bonds. The number of nitrogens with one attached hydrogen (secondary N) is 2. The average Bonchev–Trinajstić information content (AvgIpc) is 3.39. The minimum Gasteiger partial charge on any atom is -0.493 e. The van der Waals surface area contributed by atoms with Gasteiger partial charge in [-0.3, -0.25) is 20.4 Å². The molecule has 4 rings (SSSR count). The summed E-state index contributed by atoms with van der Waals surface area (Å²) in [6.07, 6.45) is 0. The molecule has 2 N–H and O–H groups in total. The van der Waals surface area contributed by atoms with Crippen molar-refractivity contribution >= 4 is 23.6 Å². The van der Waals surface area contributed by atoms with Crippen LogP contribution < -0.4 is 20.3 Å². The van der Waals surface area contributed by atoms with E-state index in [-0.39, 0.29) is 0 Å². The van der Waals surface area contributed by atoms with E-state index in [9.17, 15) is 9.59 Å². The fourth-order valence-electron chi connectivity index (χ4n) is 3.22. The third-order valence-corrected chi connectivity index (χ3v) is 6.03. The number of hydrogen-bond acceptors (Lipinski definition) is 8. The second kappa shape index (κ2) is 11.2.